The molecule has 0 amide bonds. The smallest absolute Gasteiger partial charge is 0.462 e. The number of carbonyl (C=O) groups excluding carboxylic acids is 2. The average Bonchev–Trinajstić information content (AvgIpc) is 3.24. The monoisotopic (exact) mass is 883 g/mol. The largest absolute Gasteiger partial charge is 0.472 e. The highest BCUT2D eigenvalue weighted by Gasteiger charge is 2.51. The van der Waals surface area contributed by atoms with E-state index in [1.54, 1.807) is 0 Å². The lowest BCUT2D eigenvalue weighted by Crippen LogP contribution is -2.64. The van der Waals surface area contributed by atoms with Crippen molar-refractivity contribution in [1.29, 1.82) is 0 Å². The van der Waals surface area contributed by atoms with E-state index in [1.165, 1.54) is 19.3 Å². The molecular weight excluding hydrogens is 803 g/mol. The molecule has 350 valence electrons. The van der Waals surface area contributed by atoms with Crippen LogP contribution in [0.1, 0.15) is 155 Å². The van der Waals surface area contributed by atoms with Gasteiger partial charge in [-0.05, 0) is 83.5 Å². The molecule has 6 N–H and O–H groups in total. The number of aliphatic hydroxyl groups is 5. The molecule has 0 heterocycles. The standard InChI is InChI=1S/C47H79O13P/c1-3-5-7-9-11-13-15-17-19-20-22-24-26-28-30-32-34-36-41(49)59-39(38-58-61(55,56)60-47-45(53)43(51)42(50)44(52)46(47)54)37-57-40(48)35-33-31-29-27-25-23-21-18-16-14-12-10-8-6-4-2/h6,8,11-14,17-19,21,25,27,39,42-47,50-54H,3-5,7,9-10,15-16,20,22-24,26,28-38H2,1-2H3,(H,55,56)/b8-6+,13-11+,14-12+,19-17+,21-18+,27-25+/t39-,42?,43+,44?,45?,46?,47?/m1/s1. The highest BCUT2D eigenvalue weighted by molar-refractivity contribution is 7.47. The first-order valence-electron chi connectivity index (χ1n) is 22.7. The highest BCUT2D eigenvalue weighted by Crippen LogP contribution is 2.47. The zero-order valence-electron chi connectivity index (χ0n) is 36.9. The number of phosphoric acid groups is 1. The van der Waals surface area contributed by atoms with E-state index in [-0.39, 0.29) is 12.8 Å². The van der Waals surface area contributed by atoms with E-state index in [0.29, 0.717) is 12.8 Å². The fourth-order valence-corrected chi connectivity index (χ4v) is 7.34. The summed E-state index contributed by atoms with van der Waals surface area (Å²) in [6, 6.07) is 0. The topological polar surface area (TPSA) is 210 Å². The minimum absolute atomic E-state index is 0.0748. The molecule has 0 aromatic carbocycles. The van der Waals surface area contributed by atoms with Crippen molar-refractivity contribution in [1.82, 2.24) is 0 Å². The quantitative estimate of drug-likeness (QED) is 0.0151. The van der Waals surface area contributed by atoms with Crippen molar-refractivity contribution in [3.63, 3.8) is 0 Å². The van der Waals surface area contributed by atoms with Gasteiger partial charge in [-0.15, -0.1) is 0 Å². The lowest BCUT2D eigenvalue weighted by Gasteiger charge is -2.41. The van der Waals surface area contributed by atoms with E-state index < -0.39 is 75.7 Å². The zero-order chi connectivity index (χ0) is 45.0. The van der Waals surface area contributed by atoms with E-state index in [4.69, 9.17) is 18.5 Å². The molecule has 1 rings (SSSR count). The molecule has 0 aromatic rings. The van der Waals surface area contributed by atoms with Crippen LogP contribution in [-0.4, -0.2) is 98.3 Å². The van der Waals surface area contributed by atoms with Crippen LogP contribution in [0.3, 0.4) is 0 Å². The van der Waals surface area contributed by atoms with Gasteiger partial charge in [0.15, 0.2) is 6.10 Å². The van der Waals surface area contributed by atoms with Crippen molar-refractivity contribution in [3.05, 3.63) is 72.9 Å². The van der Waals surface area contributed by atoms with Gasteiger partial charge < -0.3 is 39.9 Å². The number of aliphatic hydroxyl groups excluding tert-OH is 5. The van der Waals surface area contributed by atoms with Gasteiger partial charge in [-0.25, -0.2) is 4.57 Å². The van der Waals surface area contributed by atoms with Crippen molar-refractivity contribution in [2.45, 2.75) is 198 Å². The van der Waals surface area contributed by atoms with Crippen LogP contribution in [0.4, 0.5) is 0 Å². The van der Waals surface area contributed by atoms with E-state index in [1.807, 2.05) is 0 Å². The normalized spacial score (nSPS) is 22.7. The molecule has 61 heavy (non-hydrogen) atoms. The minimum Gasteiger partial charge on any atom is -0.462 e. The van der Waals surface area contributed by atoms with Crippen LogP contribution >= 0.6 is 7.82 Å². The number of esters is 2. The molecule has 1 fully saturated rings. The van der Waals surface area contributed by atoms with Gasteiger partial charge in [-0.1, -0.05) is 132 Å². The third-order valence-electron chi connectivity index (χ3n) is 10.0. The Balaban J connectivity index is 2.51. The van der Waals surface area contributed by atoms with Crippen molar-refractivity contribution >= 4 is 19.8 Å². The van der Waals surface area contributed by atoms with Crippen LogP contribution in [0.25, 0.3) is 0 Å². The summed E-state index contributed by atoms with van der Waals surface area (Å²) < 4.78 is 33.5. The van der Waals surface area contributed by atoms with Crippen LogP contribution in [-0.2, 0) is 32.7 Å². The molecule has 8 atom stereocenters. The molecule has 14 heteroatoms. The lowest BCUT2D eigenvalue weighted by molar-refractivity contribution is -0.220. The highest BCUT2D eigenvalue weighted by atomic mass is 31.2. The molecule has 6 unspecified atom stereocenters. The number of phosphoric ester groups is 1. The Morgan fingerprint density at radius 1 is 0.525 bits per heavy atom. The van der Waals surface area contributed by atoms with Crippen molar-refractivity contribution in [3.8, 4) is 0 Å². The number of unbranched alkanes of at least 4 members (excludes halogenated alkanes) is 12. The maximum atomic E-state index is 12.8. The van der Waals surface area contributed by atoms with Crippen molar-refractivity contribution in [2.75, 3.05) is 13.2 Å². The van der Waals surface area contributed by atoms with Crippen molar-refractivity contribution in [2.24, 2.45) is 0 Å². The van der Waals surface area contributed by atoms with Gasteiger partial charge in [0.2, 0.25) is 0 Å². The number of ether oxygens (including phenoxy) is 2. The first kappa shape index (κ1) is 56.3. The predicted molar refractivity (Wildman–Crippen MR) is 239 cm³/mol. The second-order valence-corrected chi connectivity index (χ2v) is 16.9. The Morgan fingerprint density at radius 3 is 1.46 bits per heavy atom. The molecule has 13 nitrogen and oxygen atoms in total. The summed E-state index contributed by atoms with van der Waals surface area (Å²) in [7, 11) is -5.13. The summed E-state index contributed by atoms with van der Waals surface area (Å²) in [6.45, 7) is 3.10. The second kappa shape index (κ2) is 36.7. The molecule has 1 saturated carbocycles. The second-order valence-electron chi connectivity index (χ2n) is 15.5. The van der Waals surface area contributed by atoms with Crippen LogP contribution in [0.5, 0.6) is 0 Å². The summed E-state index contributed by atoms with van der Waals surface area (Å²) in [5.74, 6) is -1.16. The Bertz CT molecular complexity index is 1340. The molecule has 0 radical (unpaired) electrons. The molecule has 0 spiro atoms. The summed E-state index contributed by atoms with van der Waals surface area (Å²) in [5, 5.41) is 50.1. The molecule has 0 aromatic heterocycles. The van der Waals surface area contributed by atoms with E-state index in [2.05, 4.69) is 86.8 Å². The Morgan fingerprint density at radius 2 is 0.934 bits per heavy atom. The number of hydrogen-bond donors (Lipinski definition) is 6. The lowest BCUT2D eigenvalue weighted by atomic mass is 9.85. The molecule has 0 bridgehead atoms. The Hall–Kier alpha value is -2.71. The fourth-order valence-electron chi connectivity index (χ4n) is 6.37. The Labute approximate surface area is 365 Å². The fraction of sp³-hybridized carbons (Fsp3) is 0.702. The molecule has 0 aliphatic heterocycles. The van der Waals surface area contributed by atoms with Crippen LogP contribution in [0.2, 0.25) is 0 Å². The maximum absolute atomic E-state index is 12.8. The summed E-state index contributed by atoms with van der Waals surface area (Å²) >= 11 is 0. The van der Waals surface area contributed by atoms with Crippen LogP contribution < -0.4 is 0 Å². The van der Waals surface area contributed by atoms with E-state index >= 15 is 0 Å². The Kier molecular flexibility index (Phi) is 33.9. The van der Waals surface area contributed by atoms with Gasteiger partial charge in [0.1, 0.15) is 43.2 Å². The molecule has 1 aliphatic carbocycles. The predicted octanol–water partition coefficient (Wildman–Crippen LogP) is 8.72. The SMILES string of the molecule is CC/C=C/C/C=C/C/C=C/C/C=C/CCCCC(=O)OC[C@H](COP(=O)(O)OC1C(O)C(O)C(O)[C@H](O)C1O)OC(=O)CCCCCCCCC/C=C/C/C=C/CCCCC. The van der Waals surface area contributed by atoms with Gasteiger partial charge in [-0.2, -0.15) is 0 Å². The van der Waals surface area contributed by atoms with Gasteiger partial charge in [0.25, 0.3) is 0 Å². The molecule has 1 aliphatic rings. The number of allylic oxidation sites excluding steroid dienone is 12. The maximum Gasteiger partial charge on any atom is 0.472 e. The van der Waals surface area contributed by atoms with Gasteiger partial charge >= 0.3 is 19.8 Å². The average molecular weight is 883 g/mol. The third-order valence-corrected chi connectivity index (χ3v) is 11.0. The number of hydrogen-bond acceptors (Lipinski definition) is 12. The van der Waals surface area contributed by atoms with Crippen LogP contribution in [0, 0.1) is 0 Å². The summed E-state index contributed by atoms with van der Waals surface area (Å²) in [4.78, 5) is 35.7. The number of carbonyl (C=O) groups is 2. The number of rotatable bonds is 36. The van der Waals surface area contributed by atoms with E-state index in [0.717, 1.165) is 96.3 Å². The van der Waals surface area contributed by atoms with Gasteiger partial charge in [0, 0.05) is 12.8 Å². The van der Waals surface area contributed by atoms with Crippen LogP contribution in [0.15, 0.2) is 72.9 Å². The zero-order valence-corrected chi connectivity index (χ0v) is 37.8. The molecule has 0 saturated heterocycles. The molecular formula is C47H79O13P. The minimum atomic E-state index is -5.13. The van der Waals surface area contributed by atoms with Gasteiger partial charge in [-0.3, -0.25) is 18.6 Å². The van der Waals surface area contributed by atoms with E-state index in [9.17, 15) is 44.6 Å². The summed E-state index contributed by atoms with van der Waals surface area (Å²) in [6.07, 6.45) is 32.4. The first-order chi connectivity index (χ1) is 29.4. The third kappa shape index (κ3) is 29.3. The summed E-state index contributed by atoms with van der Waals surface area (Å²) in [5.41, 5.74) is 0. The first-order valence-corrected chi connectivity index (χ1v) is 24.2. The van der Waals surface area contributed by atoms with Gasteiger partial charge in [0.05, 0.1) is 6.61 Å². The van der Waals surface area contributed by atoms with Crippen molar-refractivity contribution < 1.29 is 63.1 Å².